The summed E-state index contributed by atoms with van der Waals surface area (Å²) in [7, 11) is 1.24. The van der Waals surface area contributed by atoms with E-state index in [0.717, 1.165) is 0 Å². The molecular weight excluding hydrogens is 224 g/mol. The number of hydrogen-bond acceptors (Lipinski definition) is 4. The van der Waals surface area contributed by atoms with E-state index in [-0.39, 0.29) is 16.3 Å². The van der Waals surface area contributed by atoms with E-state index in [4.69, 9.17) is 21.4 Å². The van der Waals surface area contributed by atoms with Crippen LogP contribution in [0.2, 0.25) is 5.02 Å². The van der Waals surface area contributed by atoms with Crippen LogP contribution >= 0.6 is 11.6 Å². The Labute approximate surface area is 90.5 Å². The van der Waals surface area contributed by atoms with E-state index in [1.807, 2.05) is 0 Å². The molecule has 6 heteroatoms. The summed E-state index contributed by atoms with van der Waals surface area (Å²) in [6, 6.07) is 2.56. The molecule has 0 aliphatic carbocycles. The maximum absolute atomic E-state index is 10.5. The van der Waals surface area contributed by atoms with Gasteiger partial charge >= 0.3 is 5.97 Å². The van der Waals surface area contributed by atoms with Crippen LogP contribution in [0, 0.1) is 0 Å². The number of phenolic OH excluding ortho intramolecular Hbond substituents is 1. The maximum Gasteiger partial charge on any atom is 0.337 e. The van der Waals surface area contributed by atoms with E-state index in [9.17, 15) is 15.0 Å². The average Bonchev–Trinajstić information content (AvgIpc) is 2.20. The molecular formula is C9H9ClO5. The van der Waals surface area contributed by atoms with Gasteiger partial charge in [-0.2, -0.15) is 0 Å². The summed E-state index contributed by atoms with van der Waals surface area (Å²) < 4.78 is 4.77. The molecule has 1 rings (SSSR count). The zero-order valence-electron chi connectivity index (χ0n) is 7.77. The van der Waals surface area contributed by atoms with E-state index in [0.29, 0.717) is 0 Å². The third-order valence-corrected chi connectivity index (χ3v) is 2.15. The molecule has 5 nitrogen and oxygen atoms in total. The predicted octanol–water partition coefficient (Wildman–Crippen LogP) is 1.17. The molecule has 1 atom stereocenters. The molecule has 0 aromatic heterocycles. The lowest BCUT2D eigenvalue weighted by Gasteiger charge is -2.13. The topological polar surface area (TPSA) is 87.0 Å². The Morgan fingerprint density at radius 2 is 2.13 bits per heavy atom. The van der Waals surface area contributed by atoms with Crippen LogP contribution in [0.15, 0.2) is 12.1 Å². The van der Waals surface area contributed by atoms with Crippen molar-refractivity contribution >= 4 is 17.6 Å². The highest BCUT2D eigenvalue weighted by atomic mass is 35.5. The number of halogens is 1. The lowest BCUT2D eigenvalue weighted by Crippen LogP contribution is -2.11. The summed E-state index contributed by atoms with van der Waals surface area (Å²) in [6.07, 6.45) is -1.76. The Hall–Kier alpha value is -1.46. The smallest absolute Gasteiger partial charge is 0.337 e. The van der Waals surface area contributed by atoms with Crippen LogP contribution in [0.25, 0.3) is 0 Å². The first-order valence-electron chi connectivity index (χ1n) is 3.95. The summed E-state index contributed by atoms with van der Waals surface area (Å²) in [5.41, 5.74) is -0.0492. The molecule has 3 N–H and O–H groups in total. The fourth-order valence-corrected chi connectivity index (χ4v) is 1.27. The molecule has 0 aliphatic rings. The molecule has 0 heterocycles. The normalized spacial score (nSPS) is 12.2. The number of ether oxygens (including phenoxy) is 1. The maximum atomic E-state index is 10.5. The molecule has 0 radical (unpaired) electrons. The standard InChI is InChI=1S/C9H9ClO5/c1-15-8-4(6(11)9(13)14)2-3-5(10)7(8)12/h2-3,6,11-12H,1H3,(H,13,14). The Balaban J connectivity index is 3.30. The quantitative estimate of drug-likeness (QED) is 0.728. The summed E-state index contributed by atoms with van der Waals surface area (Å²) in [5, 5.41) is 27.4. The first-order valence-corrected chi connectivity index (χ1v) is 4.33. The SMILES string of the molecule is COc1c(C(O)C(=O)O)ccc(Cl)c1O. The van der Waals surface area contributed by atoms with Crippen molar-refractivity contribution in [3.63, 3.8) is 0 Å². The number of methoxy groups -OCH3 is 1. The zero-order valence-corrected chi connectivity index (χ0v) is 8.52. The van der Waals surface area contributed by atoms with Crippen LogP contribution in [0.5, 0.6) is 11.5 Å². The van der Waals surface area contributed by atoms with Gasteiger partial charge in [0.25, 0.3) is 0 Å². The number of benzene rings is 1. The highest BCUT2D eigenvalue weighted by molar-refractivity contribution is 6.32. The minimum Gasteiger partial charge on any atom is -0.503 e. The van der Waals surface area contributed by atoms with Crippen LogP contribution in [0.1, 0.15) is 11.7 Å². The monoisotopic (exact) mass is 232 g/mol. The fraction of sp³-hybridized carbons (Fsp3) is 0.222. The molecule has 82 valence electrons. The second-order valence-corrected chi connectivity index (χ2v) is 3.17. The molecule has 1 aromatic carbocycles. The molecule has 0 fully saturated rings. The van der Waals surface area contributed by atoms with Gasteiger partial charge in [-0.1, -0.05) is 17.7 Å². The van der Waals surface area contributed by atoms with Gasteiger partial charge in [0.2, 0.25) is 0 Å². The van der Waals surface area contributed by atoms with E-state index in [2.05, 4.69) is 0 Å². The van der Waals surface area contributed by atoms with Gasteiger partial charge in [-0.15, -0.1) is 0 Å². The van der Waals surface area contributed by atoms with Crippen LogP contribution in [0.4, 0.5) is 0 Å². The minimum absolute atomic E-state index is 0.0215. The minimum atomic E-state index is -1.76. The van der Waals surface area contributed by atoms with Crippen molar-refractivity contribution in [1.82, 2.24) is 0 Å². The third kappa shape index (κ3) is 2.14. The first-order chi connectivity index (χ1) is 6.99. The molecule has 0 bridgehead atoms. The van der Waals surface area contributed by atoms with E-state index in [1.165, 1.54) is 19.2 Å². The fourth-order valence-electron chi connectivity index (χ4n) is 1.13. The van der Waals surface area contributed by atoms with Crippen molar-refractivity contribution in [2.24, 2.45) is 0 Å². The number of aliphatic hydroxyl groups excluding tert-OH is 1. The molecule has 15 heavy (non-hydrogen) atoms. The highest BCUT2D eigenvalue weighted by Crippen LogP contribution is 2.39. The van der Waals surface area contributed by atoms with Gasteiger partial charge < -0.3 is 20.1 Å². The summed E-state index contributed by atoms with van der Waals surface area (Å²) in [5.74, 6) is -1.97. The van der Waals surface area contributed by atoms with Crippen molar-refractivity contribution in [2.45, 2.75) is 6.10 Å². The van der Waals surface area contributed by atoms with Crippen molar-refractivity contribution in [1.29, 1.82) is 0 Å². The van der Waals surface area contributed by atoms with Gasteiger partial charge in [0.1, 0.15) is 0 Å². The van der Waals surface area contributed by atoms with E-state index >= 15 is 0 Å². The molecule has 0 saturated carbocycles. The van der Waals surface area contributed by atoms with E-state index < -0.39 is 17.8 Å². The van der Waals surface area contributed by atoms with Gasteiger partial charge in [0.15, 0.2) is 17.6 Å². The lowest BCUT2D eigenvalue weighted by atomic mass is 10.1. The Kier molecular flexibility index (Phi) is 3.39. The summed E-state index contributed by atoms with van der Waals surface area (Å²) in [6.45, 7) is 0. The number of aromatic hydroxyl groups is 1. The number of carboxylic acids is 1. The number of aliphatic hydroxyl groups is 1. The number of aliphatic carboxylic acids is 1. The first kappa shape index (κ1) is 11.6. The lowest BCUT2D eigenvalue weighted by molar-refractivity contribution is -0.147. The number of hydrogen-bond donors (Lipinski definition) is 3. The van der Waals surface area contributed by atoms with Crippen LogP contribution in [0.3, 0.4) is 0 Å². The van der Waals surface area contributed by atoms with Crippen LogP contribution in [-0.4, -0.2) is 28.4 Å². The Morgan fingerprint density at radius 3 is 2.60 bits per heavy atom. The second-order valence-electron chi connectivity index (χ2n) is 2.76. The number of phenols is 1. The predicted molar refractivity (Wildman–Crippen MR) is 52.3 cm³/mol. The zero-order chi connectivity index (χ0) is 11.6. The second kappa shape index (κ2) is 4.37. The van der Waals surface area contributed by atoms with E-state index in [1.54, 1.807) is 0 Å². The average molecular weight is 233 g/mol. The van der Waals surface area contributed by atoms with Gasteiger partial charge in [-0.25, -0.2) is 4.79 Å². The van der Waals surface area contributed by atoms with Crippen molar-refractivity contribution in [3.05, 3.63) is 22.7 Å². The van der Waals surface area contributed by atoms with Gasteiger partial charge in [-0.3, -0.25) is 0 Å². The molecule has 0 saturated heterocycles. The molecule has 0 amide bonds. The van der Waals surface area contributed by atoms with Crippen molar-refractivity contribution in [2.75, 3.05) is 7.11 Å². The molecule has 0 aliphatic heterocycles. The number of carboxylic acid groups (broad SMARTS) is 1. The van der Waals surface area contributed by atoms with Gasteiger partial charge in [-0.05, 0) is 6.07 Å². The van der Waals surface area contributed by atoms with Crippen molar-refractivity contribution < 1.29 is 24.9 Å². The van der Waals surface area contributed by atoms with Crippen LogP contribution < -0.4 is 4.74 Å². The van der Waals surface area contributed by atoms with Crippen molar-refractivity contribution in [3.8, 4) is 11.5 Å². The van der Waals surface area contributed by atoms with Crippen LogP contribution in [-0.2, 0) is 4.79 Å². The third-order valence-electron chi connectivity index (χ3n) is 1.85. The largest absolute Gasteiger partial charge is 0.503 e. The molecule has 1 unspecified atom stereocenters. The molecule has 1 aromatic rings. The number of rotatable bonds is 3. The summed E-state index contributed by atoms with van der Waals surface area (Å²) >= 11 is 5.59. The Bertz CT molecular complexity index is 390. The highest BCUT2D eigenvalue weighted by Gasteiger charge is 2.23. The summed E-state index contributed by atoms with van der Waals surface area (Å²) in [4.78, 5) is 10.5. The molecule has 0 spiro atoms. The Morgan fingerprint density at radius 1 is 1.53 bits per heavy atom. The van der Waals surface area contributed by atoms with Gasteiger partial charge in [0, 0.05) is 5.56 Å². The van der Waals surface area contributed by atoms with Gasteiger partial charge in [0.05, 0.1) is 12.1 Å². The number of carbonyl (C=O) groups is 1.